The summed E-state index contributed by atoms with van der Waals surface area (Å²) in [6.45, 7) is 0.707. The van der Waals surface area contributed by atoms with Crippen LogP contribution in [0.5, 0.6) is 0 Å². The van der Waals surface area contributed by atoms with Crippen LogP contribution in [0, 0.1) is 0 Å². The van der Waals surface area contributed by atoms with Gasteiger partial charge < -0.3 is 4.57 Å². The Kier molecular flexibility index (Phi) is 4.77. The quantitative estimate of drug-likeness (QED) is 0.818. The topological polar surface area (TPSA) is 34.9 Å². The molecule has 0 aliphatic heterocycles. The molecule has 0 atom stereocenters. The number of aromatic nitrogens is 2. The van der Waals surface area contributed by atoms with Crippen molar-refractivity contribution >= 4 is 5.78 Å². The van der Waals surface area contributed by atoms with Gasteiger partial charge in [-0.05, 0) is 24.1 Å². The number of benzene rings is 1. The first kappa shape index (κ1) is 15.3. The maximum Gasteiger partial charge on any atom is 0.416 e. The summed E-state index contributed by atoms with van der Waals surface area (Å²) in [7, 11) is 0. The van der Waals surface area contributed by atoms with Crippen LogP contribution in [0.15, 0.2) is 43.0 Å². The number of rotatable bonds is 6. The van der Waals surface area contributed by atoms with Gasteiger partial charge in [-0.15, -0.1) is 0 Å². The number of hydrogen-bond donors (Lipinski definition) is 0. The van der Waals surface area contributed by atoms with Crippen LogP contribution in [-0.2, 0) is 23.9 Å². The lowest BCUT2D eigenvalue weighted by Gasteiger charge is -2.07. The third-order valence-electron chi connectivity index (χ3n) is 3.11. The first-order valence-corrected chi connectivity index (χ1v) is 6.59. The Morgan fingerprint density at radius 2 is 1.90 bits per heavy atom. The fourth-order valence-corrected chi connectivity index (χ4v) is 2.01. The fourth-order valence-electron chi connectivity index (χ4n) is 2.01. The smallest absolute Gasteiger partial charge is 0.337 e. The summed E-state index contributed by atoms with van der Waals surface area (Å²) in [5.41, 5.74) is -0.0885. The lowest BCUT2D eigenvalue weighted by Crippen LogP contribution is -2.07. The number of halogens is 3. The van der Waals surface area contributed by atoms with E-state index in [9.17, 15) is 18.0 Å². The molecule has 0 saturated carbocycles. The number of carbonyl (C=O) groups excluding carboxylic acids is 1. The highest BCUT2D eigenvalue weighted by molar-refractivity contribution is 5.80. The number of carbonyl (C=O) groups is 1. The highest BCUT2D eigenvalue weighted by Crippen LogP contribution is 2.29. The third kappa shape index (κ3) is 4.73. The van der Waals surface area contributed by atoms with Gasteiger partial charge in [-0.1, -0.05) is 12.1 Å². The highest BCUT2D eigenvalue weighted by atomic mass is 19.4. The average Bonchev–Trinajstić information content (AvgIpc) is 2.91. The van der Waals surface area contributed by atoms with E-state index < -0.39 is 11.7 Å². The van der Waals surface area contributed by atoms with E-state index in [1.165, 1.54) is 12.1 Å². The predicted molar refractivity (Wildman–Crippen MR) is 71.6 cm³/mol. The molecule has 0 saturated heterocycles. The molecule has 0 radical (unpaired) electrons. The molecule has 1 aromatic carbocycles. The molecular formula is C15H15F3N2O. The average molecular weight is 296 g/mol. The maximum atomic E-state index is 12.4. The zero-order chi connectivity index (χ0) is 15.3. The van der Waals surface area contributed by atoms with Crippen LogP contribution in [0.3, 0.4) is 0 Å². The van der Waals surface area contributed by atoms with E-state index in [-0.39, 0.29) is 12.2 Å². The van der Waals surface area contributed by atoms with Gasteiger partial charge in [0, 0.05) is 31.8 Å². The summed E-state index contributed by atoms with van der Waals surface area (Å²) in [5, 5.41) is 0. The van der Waals surface area contributed by atoms with E-state index in [1.807, 2.05) is 10.8 Å². The first-order chi connectivity index (χ1) is 9.95. The van der Waals surface area contributed by atoms with Crippen molar-refractivity contribution in [1.29, 1.82) is 0 Å². The minimum absolute atomic E-state index is 0.0230. The molecule has 3 nitrogen and oxygen atoms in total. The molecule has 0 N–H and O–H groups in total. The molecule has 0 aliphatic carbocycles. The summed E-state index contributed by atoms with van der Waals surface area (Å²) in [4.78, 5) is 15.7. The van der Waals surface area contributed by atoms with Gasteiger partial charge in [-0.2, -0.15) is 13.2 Å². The van der Waals surface area contributed by atoms with Gasteiger partial charge in [0.15, 0.2) is 0 Å². The van der Waals surface area contributed by atoms with Crippen molar-refractivity contribution in [3.8, 4) is 0 Å². The van der Waals surface area contributed by atoms with Crippen LogP contribution in [0.25, 0.3) is 0 Å². The Hall–Kier alpha value is -2.11. The molecule has 112 valence electrons. The molecule has 2 rings (SSSR count). The summed E-state index contributed by atoms with van der Waals surface area (Å²) < 4.78 is 39.1. The Balaban J connectivity index is 1.79. The van der Waals surface area contributed by atoms with Crippen LogP contribution in [0.2, 0.25) is 0 Å². The van der Waals surface area contributed by atoms with Gasteiger partial charge in [0.1, 0.15) is 5.78 Å². The molecule has 0 aliphatic rings. The lowest BCUT2D eigenvalue weighted by atomic mass is 10.0. The highest BCUT2D eigenvalue weighted by Gasteiger charge is 2.29. The zero-order valence-corrected chi connectivity index (χ0v) is 11.3. The second kappa shape index (κ2) is 6.56. The van der Waals surface area contributed by atoms with Crippen LogP contribution in [-0.4, -0.2) is 15.3 Å². The Morgan fingerprint density at radius 3 is 2.48 bits per heavy atom. The monoisotopic (exact) mass is 296 g/mol. The van der Waals surface area contributed by atoms with Crippen LogP contribution in [0.4, 0.5) is 13.2 Å². The van der Waals surface area contributed by atoms with Crippen LogP contribution >= 0.6 is 0 Å². The van der Waals surface area contributed by atoms with E-state index in [2.05, 4.69) is 4.98 Å². The van der Waals surface area contributed by atoms with Crippen molar-refractivity contribution in [2.24, 2.45) is 0 Å². The van der Waals surface area contributed by atoms with E-state index in [0.717, 1.165) is 12.1 Å². The van der Waals surface area contributed by atoms with Gasteiger partial charge in [-0.3, -0.25) is 4.79 Å². The largest absolute Gasteiger partial charge is 0.416 e. The molecule has 1 aromatic heterocycles. The third-order valence-corrected chi connectivity index (χ3v) is 3.11. The van der Waals surface area contributed by atoms with Crippen molar-refractivity contribution in [3.05, 3.63) is 54.1 Å². The minimum Gasteiger partial charge on any atom is -0.337 e. The van der Waals surface area contributed by atoms with Crippen LogP contribution in [0.1, 0.15) is 24.0 Å². The SMILES string of the molecule is O=C(CCCn1ccnc1)Cc1ccc(C(F)(F)F)cc1. The maximum absolute atomic E-state index is 12.4. The fraction of sp³-hybridized carbons (Fsp3) is 0.333. The lowest BCUT2D eigenvalue weighted by molar-refractivity contribution is -0.137. The number of Topliss-reactive ketones (excluding diaryl/α,β-unsaturated/α-hetero) is 1. The van der Waals surface area contributed by atoms with Crippen LogP contribution < -0.4 is 0 Å². The van der Waals surface area contributed by atoms with Crippen molar-refractivity contribution in [2.75, 3.05) is 0 Å². The number of ketones is 1. The predicted octanol–water partition coefficient (Wildman–Crippen LogP) is 3.49. The first-order valence-electron chi connectivity index (χ1n) is 6.59. The number of aryl methyl sites for hydroxylation is 1. The number of alkyl halides is 3. The summed E-state index contributed by atoms with van der Waals surface area (Å²) >= 11 is 0. The van der Waals surface area contributed by atoms with Gasteiger partial charge in [0.05, 0.1) is 11.9 Å². The zero-order valence-electron chi connectivity index (χ0n) is 11.3. The van der Waals surface area contributed by atoms with Gasteiger partial charge in [0.25, 0.3) is 0 Å². The number of hydrogen-bond acceptors (Lipinski definition) is 2. The van der Waals surface area contributed by atoms with Gasteiger partial charge in [0.2, 0.25) is 0 Å². The molecule has 0 fully saturated rings. The molecule has 0 unspecified atom stereocenters. The second-order valence-corrected chi connectivity index (χ2v) is 4.81. The van der Waals surface area contributed by atoms with Crippen molar-refractivity contribution in [3.63, 3.8) is 0 Å². The van der Waals surface area contributed by atoms with Crippen molar-refractivity contribution < 1.29 is 18.0 Å². The summed E-state index contributed by atoms with van der Waals surface area (Å²) in [6, 6.07) is 4.73. The molecule has 21 heavy (non-hydrogen) atoms. The molecule has 2 aromatic rings. The summed E-state index contributed by atoms with van der Waals surface area (Å²) in [5.74, 6) is 0.0230. The van der Waals surface area contributed by atoms with Gasteiger partial charge >= 0.3 is 6.18 Å². The Labute approximate surface area is 120 Å². The molecular weight excluding hydrogens is 281 g/mol. The van der Waals surface area contributed by atoms with E-state index in [0.29, 0.717) is 24.9 Å². The van der Waals surface area contributed by atoms with E-state index in [4.69, 9.17) is 0 Å². The second-order valence-electron chi connectivity index (χ2n) is 4.81. The molecule has 6 heteroatoms. The minimum atomic E-state index is -4.34. The van der Waals surface area contributed by atoms with Crippen molar-refractivity contribution in [1.82, 2.24) is 9.55 Å². The van der Waals surface area contributed by atoms with E-state index in [1.54, 1.807) is 12.5 Å². The Bertz CT molecular complexity index is 574. The Morgan fingerprint density at radius 1 is 1.19 bits per heavy atom. The summed E-state index contributed by atoms with van der Waals surface area (Å²) in [6.07, 6.45) is 2.09. The van der Waals surface area contributed by atoms with Crippen molar-refractivity contribution in [2.45, 2.75) is 32.0 Å². The molecule has 1 heterocycles. The molecule has 0 spiro atoms. The van der Waals surface area contributed by atoms with Gasteiger partial charge in [-0.25, -0.2) is 4.98 Å². The molecule has 0 amide bonds. The van der Waals surface area contributed by atoms with E-state index >= 15 is 0 Å². The standard InChI is InChI=1S/C15H15F3N2O/c16-15(17,18)13-5-3-12(4-6-13)10-14(21)2-1-8-20-9-7-19-11-20/h3-7,9,11H,1-2,8,10H2. The normalized spacial score (nSPS) is 11.6. The number of nitrogens with zero attached hydrogens (tertiary/aromatic N) is 2. The molecule has 0 bridgehead atoms. The number of imidazole rings is 1.